The van der Waals surface area contributed by atoms with Gasteiger partial charge in [0, 0.05) is 0 Å². The topological polar surface area (TPSA) is 0 Å². The van der Waals surface area contributed by atoms with E-state index in [4.69, 9.17) is 0 Å². The van der Waals surface area contributed by atoms with Gasteiger partial charge in [0.25, 0.3) is 0 Å². The third kappa shape index (κ3) is 116. The monoisotopic (exact) mass is 144 g/mol. The van der Waals surface area contributed by atoms with Crippen LogP contribution in [0.4, 0.5) is 0 Å². The molecule has 0 aromatic carbocycles. The Hall–Kier alpha value is -0.260. The molecule has 0 spiro atoms. The molecule has 0 heterocycles. The molecule has 0 radical (unpaired) electrons. The minimum absolute atomic E-state index is 0.648. The van der Waals surface area contributed by atoms with Gasteiger partial charge in [-0.3, -0.25) is 0 Å². The first-order valence-electron chi connectivity index (χ1n) is 4.31. The van der Waals surface area contributed by atoms with Crippen molar-refractivity contribution in [2.24, 2.45) is 5.92 Å². The highest BCUT2D eigenvalue weighted by atomic mass is 13.8. The molecule has 0 heteroatoms. The van der Waals surface area contributed by atoms with Crippen LogP contribution in [-0.4, -0.2) is 0 Å². The van der Waals surface area contributed by atoms with Crippen LogP contribution in [0.1, 0.15) is 48.0 Å². The molecule has 0 amide bonds. The highest BCUT2D eigenvalue weighted by Crippen LogP contribution is 1.87. The summed E-state index contributed by atoms with van der Waals surface area (Å²) in [6.07, 6.45) is 3.17. The van der Waals surface area contributed by atoms with Gasteiger partial charge in [0.05, 0.1) is 0 Å². The largest absolute Gasteiger partial charge is 0.103 e. The first-order valence-corrected chi connectivity index (χ1v) is 4.31. The molecular weight excluding hydrogens is 120 g/mol. The molecule has 0 nitrogen and oxygen atoms in total. The van der Waals surface area contributed by atoms with E-state index < -0.39 is 0 Å². The first-order chi connectivity index (χ1) is 4.68. The summed E-state index contributed by atoms with van der Waals surface area (Å²) < 4.78 is 0. The Morgan fingerprint density at radius 1 is 1.20 bits per heavy atom. The molecule has 0 aromatic rings. The van der Waals surface area contributed by atoms with E-state index >= 15 is 0 Å². The van der Waals surface area contributed by atoms with Crippen LogP contribution < -0.4 is 0 Å². The molecule has 0 fully saturated rings. The summed E-state index contributed by atoms with van der Waals surface area (Å²) in [4.78, 5) is 0. The molecule has 0 aromatic heterocycles. The zero-order valence-electron chi connectivity index (χ0n) is 8.57. The van der Waals surface area contributed by atoms with Gasteiger partial charge in [-0.2, -0.15) is 0 Å². The lowest BCUT2D eigenvalue weighted by atomic mass is 10.2. The van der Waals surface area contributed by atoms with Crippen LogP contribution in [0.5, 0.6) is 0 Å². The van der Waals surface area contributed by atoms with Crippen LogP contribution in [0.25, 0.3) is 0 Å². The van der Waals surface area contributed by atoms with Gasteiger partial charge in [0.1, 0.15) is 0 Å². The maximum atomic E-state index is 3.56. The van der Waals surface area contributed by atoms with E-state index in [2.05, 4.69) is 34.3 Å². The van der Waals surface area contributed by atoms with E-state index in [0.717, 1.165) is 0 Å². The third-order valence-electron chi connectivity index (χ3n) is 0.471. The van der Waals surface area contributed by atoms with Gasteiger partial charge in [-0.1, -0.05) is 54.0 Å². The van der Waals surface area contributed by atoms with Gasteiger partial charge in [-0.25, -0.2) is 0 Å². The molecule has 64 valence electrons. The molecule has 0 rings (SSSR count). The number of hydrogen-bond acceptors (Lipinski definition) is 0. The molecule has 0 aliphatic heterocycles. The van der Waals surface area contributed by atoms with Crippen molar-refractivity contribution in [3.63, 3.8) is 0 Å². The molecule has 0 N–H and O–H groups in total. The van der Waals surface area contributed by atoms with Crippen LogP contribution in [0.2, 0.25) is 0 Å². The van der Waals surface area contributed by atoms with Crippen molar-refractivity contribution in [3.05, 3.63) is 12.7 Å². The van der Waals surface area contributed by atoms with Gasteiger partial charge >= 0.3 is 0 Å². The smallest absolute Gasteiger partial charge is 0.0293 e. The zero-order chi connectivity index (χ0) is 8.99. The standard InChI is InChI=1S/C5H10.C3H8.C2H6/c1-4-5(2)3;1-3-2;1-2/h4-5H,1H2,2-3H3;3H2,1-2H3;1-2H3. The minimum Gasteiger partial charge on any atom is -0.103 e. The second-order valence-electron chi connectivity index (χ2n) is 2.19. The molecule has 0 atom stereocenters. The third-order valence-corrected chi connectivity index (χ3v) is 0.471. The molecule has 0 unspecified atom stereocenters. The maximum absolute atomic E-state index is 3.56. The quantitative estimate of drug-likeness (QED) is 0.482. The van der Waals surface area contributed by atoms with Crippen molar-refractivity contribution in [2.45, 2.75) is 48.0 Å². The zero-order valence-corrected chi connectivity index (χ0v) is 8.57. The Kier molecular flexibility index (Phi) is 38.2. The minimum atomic E-state index is 0.648. The second-order valence-corrected chi connectivity index (χ2v) is 2.19. The van der Waals surface area contributed by atoms with Crippen LogP contribution in [0.3, 0.4) is 0 Å². The number of rotatable bonds is 1. The maximum Gasteiger partial charge on any atom is -0.0293 e. The Bertz CT molecular complexity index is 35.3. The lowest BCUT2D eigenvalue weighted by Crippen LogP contribution is -1.71. The van der Waals surface area contributed by atoms with Crippen LogP contribution >= 0.6 is 0 Å². The predicted molar refractivity (Wildman–Crippen MR) is 52.3 cm³/mol. The first kappa shape index (κ1) is 16.4. The van der Waals surface area contributed by atoms with Gasteiger partial charge in [0.2, 0.25) is 0 Å². The fraction of sp³-hybridized carbons (Fsp3) is 0.800. The fourth-order valence-electron chi connectivity index (χ4n) is 0. The lowest BCUT2D eigenvalue weighted by Gasteiger charge is -1.84. The Labute approximate surface area is 67.3 Å². The SMILES string of the molecule is C=CC(C)C.CC.CCC. The van der Waals surface area contributed by atoms with Crippen LogP contribution in [0.15, 0.2) is 12.7 Å². The van der Waals surface area contributed by atoms with Crippen molar-refractivity contribution >= 4 is 0 Å². The lowest BCUT2D eigenvalue weighted by molar-refractivity contribution is 0.835. The summed E-state index contributed by atoms with van der Waals surface area (Å²) in [6.45, 7) is 16.0. The van der Waals surface area contributed by atoms with Gasteiger partial charge in [-0.15, -0.1) is 6.58 Å². The Morgan fingerprint density at radius 2 is 1.30 bits per heavy atom. The fourth-order valence-corrected chi connectivity index (χ4v) is 0. The van der Waals surface area contributed by atoms with Gasteiger partial charge < -0.3 is 0 Å². The predicted octanol–water partition coefficient (Wildman–Crippen LogP) is 4.27. The van der Waals surface area contributed by atoms with Crippen molar-refractivity contribution in [1.82, 2.24) is 0 Å². The molecule has 0 saturated carbocycles. The number of hydrogen-bond donors (Lipinski definition) is 0. The Balaban J connectivity index is -0.0000000847. The van der Waals surface area contributed by atoms with Crippen molar-refractivity contribution in [2.75, 3.05) is 0 Å². The van der Waals surface area contributed by atoms with Crippen molar-refractivity contribution < 1.29 is 0 Å². The molecule has 0 bridgehead atoms. The summed E-state index contributed by atoms with van der Waals surface area (Å²) in [5.41, 5.74) is 0. The number of allylic oxidation sites excluding steroid dienone is 1. The molecule has 10 heavy (non-hydrogen) atoms. The summed E-state index contributed by atoms with van der Waals surface area (Å²) in [7, 11) is 0. The second kappa shape index (κ2) is 23.3. The average molecular weight is 144 g/mol. The van der Waals surface area contributed by atoms with Gasteiger partial charge in [-0.05, 0) is 5.92 Å². The van der Waals surface area contributed by atoms with Crippen LogP contribution in [0, 0.1) is 5.92 Å². The summed E-state index contributed by atoms with van der Waals surface area (Å²) in [5.74, 6) is 0.648. The summed E-state index contributed by atoms with van der Waals surface area (Å²) >= 11 is 0. The summed E-state index contributed by atoms with van der Waals surface area (Å²) in [5, 5.41) is 0. The van der Waals surface area contributed by atoms with E-state index in [1.165, 1.54) is 6.42 Å². The molecule has 0 aliphatic carbocycles. The summed E-state index contributed by atoms with van der Waals surface area (Å²) in [6, 6.07) is 0. The Morgan fingerprint density at radius 3 is 1.30 bits per heavy atom. The molecular formula is C10H24. The highest BCUT2D eigenvalue weighted by molar-refractivity contribution is 4.69. The normalized spacial score (nSPS) is 6.70. The average Bonchev–Trinajstić information content (AvgIpc) is 1.94. The van der Waals surface area contributed by atoms with E-state index in [1.807, 2.05) is 19.9 Å². The van der Waals surface area contributed by atoms with E-state index in [0.29, 0.717) is 5.92 Å². The molecule has 0 saturated heterocycles. The van der Waals surface area contributed by atoms with Crippen molar-refractivity contribution in [3.8, 4) is 0 Å². The van der Waals surface area contributed by atoms with Crippen molar-refractivity contribution in [1.29, 1.82) is 0 Å². The van der Waals surface area contributed by atoms with E-state index in [9.17, 15) is 0 Å². The molecule has 0 aliphatic rings. The van der Waals surface area contributed by atoms with E-state index in [1.54, 1.807) is 0 Å². The van der Waals surface area contributed by atoms with Crippen LogP contribution in [-0.2, 0) is 0 Å². The van der Waals surface area contributed by atoms with Gasteiger partial charge in [0.15, 0.2) is 0 Å². The highest BCUT2D eigenvalue weighted by Gasteiger charge is 1.73. The van der Waals surface area contributed by atoms with E-state index in [-0.39, 0.29) is 0 Å².